The largest absolute Gasteiger partial charge is 0.334 e. The summed E-state index contributed by atoms with van der Waals surface area (Å²) in [5, 5.41) is 3.99. The lowest BCUT2D eigenvalue weighted by molar-refractivity contribution is 0.411. The maximum atomic E-state index is 6.06. The van der Waals surface area contributed by atoms with Crippen LogP contribution in [0.1, 0.15) is 30.3 Å². The Morgan fingerprint density at radius 2 is 2.22 bits per heavy atom. The summed E-state index contributed by atoms with van der Waals surface area (Å²) in [5.41, 5.74) is 8.11. The first-order valence-electron chi connectivity index (χ1n) is 6.01. The second-order valence-electron chi connectivity index (χ2n) is 4.76. The van der Waals surface area contributed by atoms with Gasteiger partial charge in [-0.15, -0.1) is 0 Å². The van der Waals surface area contributed by atoms with Crippen molar-refractivity contribution in [3.63, 3.8) is 0 Å². The molecule has 2 aromatic rings. The van der Waals surface area contributed by atoms with Crippen molar-refractivity contribution in [1.29, 1.82) is 0 Å². The van der Waals surface area contributed by atoms with Gasteiger partial charge < -0.3 is 10.3 Å². The van der Waals surface area contributed by atoms with Crippen LogP contribution in [-0.2, 0) is 0 Å². The van der Waals surface area contributed by atoms with Crippen LogP contribution in [0.3, 0.4) is 0 Å². The molecule has 1 aliphatic rings. The lowest BCUT2D eigenvalue weighted by Crippen LogP contribution is -2.13. The summed E-state index contributed by atoms with van der Waals surface area (Å²) >= 11 is 3.55. The summed E-state index contributed by atoms with van der Waals surface area (Å²) in [7, 11) is 0. The zero-order valence-corrected chi connectivity index (χ0v) is 11.6. The van der Waals surface area contributed by atoms with Crippen molar-refractivity contribution in [2.75, 3.05) is 0 Å². The molecule has 2 N–H and O–H groups in total. The highest BCUT2D eigenvalue weighted by Crippen LogP contribution is 2.39. The van der Waals surface area contributed by atoms with E-state index in [0.717, 1.165) is 15.6 Å². The van der Waals surface area contributed by atoms with Gasteiger partial charge in [0.1, 0.15) is 0 Å². The molecule has 18 heavy (non-hydrogen) atoms. The van der Waals surface area contributed by atoms with Gasteiger partial charge in [-0.3, -0.25) is 0 Å². The molecule has 1 unspecified atom stereocenters. The highest BCUT2D eigenvalue weighted by molar-refractivity contribution is 9.10. The van der Waals surface area contributed by atoms with Gasteiger partial charge in [0.15, 0.2) is 5.82 Å². The van der Waals surface area contributed by atoms with Gasteiger partial charge in [0.05, 0.1) is 11.6 Å². The highest BCUT2D eigenvalue weighted by Gasteiger charge is 2.32. The van der Waals surface area contributed by atoms with E-state index in [4.69, 9.17) is 10.3 Å². The molecule has 0 bridgehead atoms. The van der Waals surface area contributed by atoms with Gasteiger partial charge in [-0.1, -0.05) is 17.3 Å². The molecule has 0 radical (unpaired) electrons. The zero-order valence-electron chi connectivity index (χ0n) is 10.1. The zero-order chi connectivity index (χ0) is 12.7. The van der Waals surface area contributed by atoms with Gasteiger partial charge in [-0.05, 0) is 53.2 Å². The first-order valence-corrected chi connectivity index (χ1v) is 6.81. The highest BCUT2D eigenvalue weighted by atomic mass is 79.9. The lowest BCUT2D eigenvalue weighted by Gasteiger charge is -2.03. The molecule has 0 saturated heterocycles. The van der Waals surface area contributed by atoms with Crippen LogP contribution in [0.4, 0.5) is 0 Å². The number of aromatic nitrogens is 2. The van der Waals surface area contributed by atoms with Crippen molar-refractivity contribution in [3.8, 4) is 11.5 Å². The summed E-state index contributed by atoms with van der Waals surface area (Å²) in [6.07, 6.45) is 2.33. The van der Waals surface area contributed by atoms with E-state index in [1.54, 1.807) is 0 Å². The molecule has 3 rings (SSSR count). The summed E-state index contributed by atoms with van der Waals surface area (Å²) in [6, 6.07) is 5.86. The molecule has 4 nitrogen and oxygen atoms in total. The van der Waals surface area contributed by atoms with Crippen molar-refractivity contribution in [3.05, 3.63) is 34.1 Å². The number of aryl methyl sites for hydroxylation is 1. The fraction of sp³-hybridized carbons (Fsp3) is 0.385. The molecule has 1 aromatic carbocycles. The van der Waals surface area contributed by atoms with Crippen molar-refractivity contribution in [2.45, 2.75) is 25.8 Å². The van der Waals surface area contributed by atoms with Gasteiger partial charge in [-0.25, -0.2) is 0 Å². The maximum absolute atomic E-state index is 6.06. The van der Waals surface area contributed by atoms with E-state index in [9.17, 15) is 0 Å². The Hall–Kier alpha value is -1.20. The van der Waals surface area contributed by atoms with Crippen molar-refractivity contribution >= 4 is 15.9 Å². The molecule has 1 heterocycles. The third-order valence-corrected chi connectivity index (χ3v) is 4.34. The molecular weight excluding hydrogens is 294 g/mol. The van der Waals surface area contributed by atoms with Gasteiger partial charge >= 0.3 is 0 Å². The van der Waals surface area contributed by atoms with Crippen molar-refractivity contribution < 1.29 is 4.52 Å². The molecule has 0 amide bonds. The third-order valence-electron chi connectivity index (χ3n) is 3.29. The van der Waals surface area contributed by atoms with Crippen molar-refractivity contribution in [1.82, 2.24) is 10.1 Å². The van der Waals surface area contributed by atoms with Crippen LogP contribution >= 0.6 is 15.9 Å². The molecule has 1 aliphatic carbocycles. The monoisotopic (exact) mass is 307 g/mol. The molecule has 94 valence electrons. The van der Waals surface area contributed by atoms with Crippen LogP contribution in [-0.4, -0.2) is 10.1 Å². The van der Waals surface area contributed by atoms with E-state index in [2.05, 4.69) is 26.1 Å². The van der Waals surface area contributed by atoms with Gasteiger partial charge in [0, 0.05) is 4.47 Å². The molecule has 1 atom stereocenters. The Balaban J connectivity index is 1.94. The van der Waals surface area contributed by atoms with E-state index < -0.39 is 0 Å². The molecule has 1 aromatic heterocycles. The average Bonchev–Trinajstić information content (AvgIpc) is 3.10. The number of hydrogen-bond acceptors (Lipinski definition) is 4. The Morgan fingerprint density at radius 3 is 2.94 bits per heavy atom. The van der Waals surface area contributed by atoms with Crippen LogP contribution in [0.2, 0.25) is 0 Å². The van der Waals surface area contributed by atoms with Crippen LogP contribution in [0.15, 0.2) is 27.2 Å². The topological polar surface area (TPSA) is 64.9 Å². The summed E-state index contributed by atoms with van der Waals surface area (Å²) in [4.78, 5) is 4.41. The Morgan fingerprint density at radius 1 is 1.44 bits per heavy atom. The summed E-state index contributed by atoms with van der Waals surface area (Å²) in [6.45, 7) is 2.03. The Labute approximate surface area is 114 Å². The number of benzene rings is 1. The SMILES string of the molecule is Cc1cccc(-c2nc(C(N)C3CC3)no2)c1Br. The molecule has 1 saturated carbocycles. The number of halogens is 1. The summed E-state index contributed by atoms with van der Waals surface area (Å²) < 4.78 is 6.30. The lowest BCUT2D eigenvalue weighted by atomic mass is 10.1. The first kappa shape index (κ1) is 11.9. The molecular formula is C13H14BrN3O. The third kappa shape index (κ3) is 2.08. The number of hydrogen-bond donors (Lipinski definition) is 1. The van der Waals surface area contributed by atoms with Crippen LogP contribution < -0.4 is 5.73 Å². The Bertz CT molecular complexity index is 577. The van der Waals surface area contributed by atoms with E-state index in [-0.39, 0.29) is 6.04 Å². The van der Waals surface area contributed by atoms with Crippen molar-refractivity contribution in [2.24, 2.45) is 11.7 Å². The maximum Gasteiger partial charge on any atom is 0.259 e. The molecule has 0 spiro atoms. The smallest absolute Gasteiger partial charge is 0.259 e. The number of nitrogens with two attached hydrogens (primary N) is 1. The minimum atomic E-state index is -0.0916. The van der Waals surface area contributed by atoms with Crippen LogP contribution in [0.25, 0.3) is 11.5 Å². The predicted molar refractivity (Wildman–Crippen MR) is 71.8 cm³/mol. The average molecular weight is 308 g/mol. The molecule has 0 aliphatic heterocycles. The fourth-order valence-electron chi connectivity index (χ4n) is 1.96. The molecule has 5 heteroatoms. The predicted octanol–water partition coefficient (Wildman–Crippen LogP) is 3.22. The quantitative estimate of drug-likeness (QED) is 0.945. The molecule has 1 fully saturated rings. The first-order chi connectivity index (χ1) is 8.66. The van der Waals surface area contributed by atoms with Gasteiger partial charge in [0.25, 0.3) is 5.89 Å². The van der Waals surface area contributed by atoms with Crippen LogP contribution in [0.5, 0.6) is 0 Å². The summed E-state index contributed by atoms with van der Waals surface area (Å²) in [5.74, 6) is 1.66. The van der Waals surface area contributed by atoms with E-state index in [1.165, 1.54) is 12.8 Å². The van der Waals surface area contributed by atoms with Crippen LogP contribution in [0, 0.1) is 12.8 Å². The van der Waals surface area contributed by atoms with E-state index in [1.807, 2.05) is 25.1 Å². The van der Waals surface area contributed by atoms with Gasteiger partial charge in [0.2, 0.25) is 0 Å². The standard InChI is InChI=1S/C13H14BrN3O/c1-7-3-2-4-9(10(7)14)13-16-12(17-18-13)11(15)8-5-6-8/h2-4,8,11H,5-6,15H2,1H3. The number of nitrogens with zero attached hydrogens (tertiary/aromatic N) is 2. The van der Waals surface area contributed by atoms with E-state index >= 15 is 0 Å². The fourth-order valence-corrected chi connectivity index (χ4v) is 2.39. The second kappa shape index (κ2) is 4.48. The van der Waals surface area contributed by atoms with Gasteiger partial charge in [-0.2, -0.15) is 4.98 Å². The minimum absolute atomic E-state index is 0.0916. The number of rotatable bonds is 3. The Kier molecular flexibility index (Phi) is 2.95. The minimum Gasteiger partial charge on any atom is -0.334 e. The second-order valence-corrected chi connectivity index (χ2v) is 5.55. The van der Waals surface area contributed by atoms with E-state index in [0.29, 0.717) is 17.6 Å². The normalized spacial score (nSPS) is 16.8.